The van der Waals surface area contributed by atoms with Crippen molar-refractivity contribution in [3.63, 3.8) is 0 Å². The summed E-state index contributed by atoms with van der Waals surface area (Å²) >= 11 is 0. The second-order valence-electron chi connectivity index (χ2n) is 5.30. The van der Waals surface area contributed by atoms with E-state index in [2.05, 4.69) is 0 Å². The lowest BCUT2D eigenvalue weighted by Gasteiger charge is -2.35. The molecule has 0 bridgehead atoms. The molecule has 0 aliphatic heterocycles. The standard InChI is InChI=1S/C15H18O3/c1-14(17)9-5-3-7-11(14)13(16)12-8-4-6-10-15(12,2)18/h3-12,17-18H,1-2H3. The van der Waals surface area contributed by atoms with Gasteiger partial charge < -0.3 is 10.2 Å². The van der Waals surface area contributed by atoms with E-state index in [1.54, 1.807) is 62.5 Å². The number of aliphatic hydroxyl groups is 2. The van der Waals surface area contributed by atoms with Gasteiger partial charge >= 0.3 is 0 Å². The Morgan fingerprint density at radius 3 is 1.61 bits per heavy atom. The summed E-state index contributed by atoms with van der Waals surface area (Å²) in [6, 6.07) is 0. The first kappa shape index (κ1) is 13.0. The predicted octanol–water partition coefficient (Wildman–Crippen LogP) is 1.54. The number of hydrogen-bond acceptors (Lipinski definition) is 3. The van der Waals surface area contributed by atoms with E-state index in [1.165, 1.54) is 0 Å². The quantitative estimate of drug-likeness (QED) is 0.777. The van der Waals surface area contributed by atoms with Crippen molar-refractivity contribution in [3.05, 3.63) is 48.6 Å². The third kappa shape index (κ3) is 2.24. The number of ketones is 1. The van der Waals surface area contributed by atoms with E-state index in [4.69, 9.17) is 0 Å². The number of rotatable bonds is 2. The lowest BCUT2D eigenvalue weighted by atomic mass is 9.72. The summed E-state index contributed by atoms with van der Waals surface area (Å²) in [5.41, 5.74) is -2.40. The Morgan fingerprint density at radius 1 is 0.889 bits per heavy atom. The van der Waals surface area contributed by atoms with E-state index < -0.39 is 23.0 Å². The van der Waals surface area contributed by atoms with Crippen LogP contribution < -0.4 is 0 Å². The third-order valence-corrected chi connectivity index (χ3v) is 3.57. The van der Waals surface area contributed by atoms with Gasteiger partial charge in [0.2, 0.25) is 0 Å². The summed E-state index contributed by atoms with van der Waals surface area (Å²) in [6.07, 6.45) is 13.5. The van der Waals surface area contributed by atoms with Gasteiger partial charge in [0.1, 0.15) is 0 Å². The van der Waals surface area contributed by atoms with Gasteiger partial charge in [0.25, 0.3) is 0 Å². The molecule has 0 aromatic heterocycles. The van der Waals surface area contributed by atoms with Gasteiger partial charge in [-0.2, -0.15) is 0 Å². The SMILES string of the molecule is CC1(O)C=CC=CC1C(=O)C1C=CC=CC1(C)O. The van der Waals surface area contributed by atoms with E-state index in [1.807, 2.05) is 0 Å². The molecule has 0 aromatic rings. The second-order valence-corrected chi connectivity index (χ2v) is 5.30. The molecule has 2 aliphatic rings. The number of hydrogen-bond donors (Lipinski definition) is 2. The highest BCUT2D eigenvalue weighted by molar-refractivity contribution is 5.89. The zero-order valence-electron chi connectivity index (χ0n) is 10.6. The maximum Gasteiger partial charge on any atom is 0.152 e. The van der Waals surface area contributed by atoms with Gasteiger partial charge in [-0.3, -0.25) is 4.79 Å². The third-order valence-electron chi connectivity index (χ3n) is 3.57. The molecule has 0 heterocycles. The van der Waals surface area contributed by atoms with Gasteiger partial charge in [-0.1, -0.05) is 48.6 Å². The molecule has 0 spiro atoms. The van der Waals surface area contributed by atoms with Crippen molar-refractivity contribution in [2.45, 2.75) is 25.0 Å². The van der Waals surface area contributed by atoms with Gasteiger partial charge in [-0.05, 0) is 13.8 Å². The van der Waals surface area contributed by atoms with Crippen molar-refractivity contribution < 1.29 is 15.0 Å². The Morgan fingerprint density at radius 2 is 1.28 bits per heavy atom. The summed E-state index contributed by atoms with van der Waals surface area (Å²) in [7, 11) is 0. The minimum Gasteiger partial charge on any atom is -0.385 e. The maximum absolute atomic E-state index is 12.5. The van der Waals surface area contributed by atoms with Crippen LogP contribution in [-0.2, 0) is 4.79 Å². The number of carbonyl (C=O) groups excluding carboxylic acids is 1. The van der Waals surface area contributed by atoms with Crippen LogP contribution in [0.15, 0.2) is 48.6 Å². The van der Waals surface area contributed by atoms with E-state index in [0.717, 1.165) is 0 Å². The first-order valence-corrected chi connectivity index (χ1v) is 6.05. The number of allylic oxidation sites excluding steroid dienone is 4. The normalized spacial score (nSPS) is 42.2. The number of Topliss-reactive ketones (excluding diaryl/α,β-unsaturated/α-hetero) is 1. The van der Waals surface area contributed by atoms with E-state index in [9.17, 15) is 15.0 Å². The fraction of sp³-hybridized carbons (Fsp3) is 0.400. The molecule has 0 fully saturated rings. The molecule has 0 aromatic carbocycles. The minimum atomic E-state index is -1.20. The van der Waals surface area contributed by atoms with Gasteiger partial charge in [0.05, 0.1) is 23.0 Å². The van der Waals surface area contributed by atoms with Gasteiger partial charge in [-0.25, -0.2) is 0 Å². The summed E-state index contributed by atoms with van der Waals surface area (Å²) in [4.78, 5) is 12.5. The molecule has 2 N–H and O–H groups in total. The topological polar surface area (TPSA) is 57.5 Å². The Kier molecular flexibility index (Phi) is 3.13. The molecule has 2 rings (SSSR count). The molecule has 2 aliphatic carbocycles. The molecule has 4 unspecified atom stereocenters. The van der Waals surface area contributed by atoms with Crippen LogP contribution in [-0.4, -0.2) is 27.2 Å². The summed E-state index contributed by atoms with van der Waals surface area (Å²) < 4.78 is 0. The van der Waals surface area contributed by atoms with Crippen LogP contribution in [0, 0.1) is 11.8 Å². The van der Waals surface area contributed by atoms with Crippen molar-refractivity contribution in [2.75, 3.05) is 0 Å². The van der Waals surface area contributed by atoms with Crippen molar-refractivity contribution in [1.29, 1.82) is 0 Å². The van der Waals surface area contributed by atoms with Crippen molar-refractivity contribution >= 4 is 5.78 Å². The molecular weight excluding hydrogens is 228 g/mol. The Labute approximate surface area is 107 Å². The average molecular weight is 246 g/mol. The van der Waals surface area contributed by atoms with Gasteiger partial charge in [0.15, 0.2) is 5.78 Å². The molecule has 0 saturated carbocycles. The van der Waals surface area contributed by atoms with Crippen LogP contribution in [0.1, 0.15) is 13.8 Å². The molecule has 18 heavy (non-hydrogen) atoms. The van der Waals surface area contributed by atoms with Gasteiger partial charge in [0, 0.05) is 0 Å². The first-order chi connectivity index (χ1) is 8.34. The summed E-state index contributed by atoms with van der Waals surface area (Å²) in [5, 5.41) is 20.4. The fourth-order valence-corrected chi connectivity index (χ4v) is 2.41. The van der Waals surface area contributed by atoms with E-state index in [-0.39, 0.29) is 5.78 Å². The van der Waals surface area contributed by atoms with Crippen LogP contribution in [0.5, 0.6) is 0 Å². The van der Waals surface area contributed by atoms with E-state index in [0.29, 0.717) is 0 Å². The highest BCUT2D eigenvalue weighted by atomic mass is 16.3. The maximum atomic E-state index is 12.5. The lowest BCUT2D eigenvalue weighted by molar-refractivity contribution is -0.133. The molecule has 3 nitrogen and oxygen atoms in total. The second kappa shape index (κ2) is 4.34. The molecular formula is C15H18O3. The van der Waals surface area contributed by atoms with Crippen LogP contribution in [0.25, 0.3) is 0 Å². The predicted molar refractivity (Wildman–Crippen MR) is 69.8 cm³/mol. The van der Waals surface area contributed by atoms with Crippen LogP contribution in [0.4, 0.5) is 0 Å². The monoisotopic (exact) mass is 246 g/mol. The molecule has 0 amide bonds. The summed E-state index contributed by atoms with van der Waals surface area (Å²) in [5.74, 6) is -1.43. The fourth-order valence-electron chi connectivity index (χ4n) is 2.41. The highest BCUT2D eigenvalue weighted by Crippen LogP contribution is 2.33. The summed E-state index contributed by atoms with van der Waals surface area (Å²) in [6.45, 7) is 3.21. The largest absolute Gasteiger partial charge is 0.385 e. The average Bonchev–Trinajstić information content (AvgIpc) is 2.27. The van der Waals surface area contributed by atoms with Crippen LogP contribution in [0.2, 0.25) is 0 Å². The molecule has 96 valence electrons. The zero-order valence-corrected chi connectivity index (χ0v) is 10.6. The molecule has 0 saturated heterocycles. The molecule has 0 radical (unpaired) electrons. The van der Waals surface area contributed by atoms with Crippen molar-refractivity contribution in [2.24, 2.45) is 11.8 Å². The Balaban J connectivity index is 2.27. The smallest absolute Gasteiger partial charge is 0.152 e. The zero-order chi connectivity index (χ0) is 13.4. The highest BCUT2D eigenvalue weighted by Gasteiger charge is 2.43. The Hall–Kier alpha value is -1.45. The number of carbonyl (C=O) groups is 1. The van der Waals surface area contributed by atoms with Crippen LogP contribution >= 0.6 is 0 Å². The minimum absolute atomic E-state index is 0.175. The van der Waals surface area contributed by atoms with Crippen molar-refractivity contribution in [3.8, 4) is 0 Å². The lowest BCUT2D eigenvalue weighted by Crippen LogP contribution is -2.46. The Bertz CT molecular complexity index is 422. The first-order valence-electron chi connectivity index (χ1n) is 6.05. The molecule has 4 atom stereocenters. The van der Waals surface area contributed by atoms with Crippen LogP contribution in [0.3, 0.4) is 0 Å². The molecule has 3 heteroatoms. The van der Waals surface area contributed by atoms with E-state index >= 15 is 0 Å². The van der Waals surface area contributed by atoms with Crippen molar-refractivity contribution in [1.82, 2.24) is 0 Å². The van der Waals surface area contributed by atoms with Gasteiger partial charge in [-0.15, -0.1) is 0 Å².